The summed E-state index contributed by atoms with van der Waals surface area (Å²) in [4.78, 5) is 12.9. The second-order valence-electron chi connectivity index (χ2n) is 6.09. The zero-order valence-electron chi connectivity index (χ0n) is 13.6. The quantitative estimate of drug-likeness (QED) is 0.563. The lowest BCUT2D eigenvalue weighted by molar-refractivity contribution is -0.107. The molecule has 0 atom stereocenters. The van der Waals surface area contributed by atoms with Crippen LogP contribution < -0.4 is 9.64 Å². The average Bonchev–Trinajstić information content (AvgIpc) is 2.49. The Balaban J connectivity index is 2.10. The number of aliphatic hydroxyl groups is 1. The summed E-state index contributed by atoms with van der Waals surface area (Å²) in [6, 6.07) is 6.52. The van der Waals surface area contributed by atoms with Gasteiger partial charge in [-0.2, -0.15) is 0 Å². The molecule has 1 saturated carbocycles. The number of aliphatic hydroxyl groups excluding tert-OH is 1. The maximum absolute atomic E-state index is 10.7. The first-order valence-electron chi connectivity index (χ1n) is 8.26. The van der Waals surface area contributed by atoms with E-state index in [2.05, 4.69) is 31.0 Å². The Morgan fingerprint density at radius 1 is 1.41 bits per heavy atom. The second-order valence-corrected chi connectivity index (χ2v) is 6.09. The van der Waals surface area contributed by atoms with Gasteiger partial charge in [0.25, 0.3) is 0 Å². The van der Waals surface area contributed by atoms with E-state index in [9.17, 15) is 9.90 Å². The fourth-order valence-electron chi connectivity index (χ4n) is 2.82. The van der Waals surface area contributed by atoms with Crippen LogP contribution in [0.4, 0.5) is 5.69 Å². The SMILES string of the molecule is CCCCOc1ccc(N(C)C2CC(O)C2)c(CCC=O)c1. The smallest absolute Gasteiger partial charge is 0.120 e. The predicted molar refractivity (Wildman–Crippen MR) is 88.7 cm³/mol. The van der Waals surface area contributed by atoms with Crippen LogP contribution in [0.15, 0.2) is 18.2 Å². The number of hydrogen-bond acceptors (Lipinski definition) is 4. The Bertz CT molecular complexity index is 483. The minimum Gasteiger partial charge on any atom is -0.494 e. The first-order chi connectivity index (χ1) is 10.7. The van der Waals surface area contributed by atoms with Gasteiger partial charge in [-0.25, -0.2) is 0 Å². The molecule has 0 bridgehead atoms. The van der Waals surface area contributed by atoms with Crippen LogP contribution in [0, 0.1) is 0 Å². The van der Waals surface area contributed by atoms with Gasteiger partial charge in [0.05, 0.1) is 12.7 Å². The summed E-state index contributed by atoms with van der Waals surface area (Å²) >= 11 is 0. The maximum Gasteiger partial charge on any atom is 0.120 e. The van der Waals surface area contributed by atoms with Crippen LogP contribution in [0.3, 0.4) is 0 Å². The van der Waals surface area contributed by atoms with E-state index in [1.807, 2.05) is 6.07 Å². The third-order valence-electron chi connectivity index (χ3n) is 4.37. The summed E-state index contributed by atoms with van der Waals surface area (Å²) in [6.07, 6.45) is 5.84. The molecule has 0 aromatic heterocycles. The number of aldehydes is 1. The standard InChI is InChI=1S/C18H27NO3/c1-3-4-10-22-17-7-8-18(14(11-17)6-5-9-20)19(2)15-12-16(21)13-15/h7-9,11,15-16,21H,3-6,10,12-13H2,1-2H3. The van der Waals surface area contributed by atoms with Crippen molar-refractivity contribution in [3.8, 4) is 5.75 Å². The molecule has 1 aromatic carbocycles. The van der Waals surface area contributed by atoms with E-state index in [0.717, 1.165) is 62.0 Å². The molecule has 0 saturated heterocycles. The van der Waals surface area contributed by atoms with Crippen LogP contribution in [0.2, 0.25) is 0 Å². The van der Waals surface area contributed by atoms with Crippen molar-refractivity contribution in [3.63, 3.8) is 0 Å². The van der Waals surface area contributed by atoms with E-state index in [-0.39, 0.29) is 6.10 Å². The molecule has 1 aliphatic carbocycles. The monoisotopic (exact) mass is 305 g/mol. The van der Waals surface area contributed by atoms with Gasteiger partial charge in [-0.05, 0) is 49.4 Å². The molecule has 0 spiro atoms. The molecule has 122 valence electrons. The number of carbonyl (C=O) groups is 1. The highest BCUT2D eigenvalue weighted by Crippen LogP contribution is 2.33. The molecule has 0 radical (unpaired) electrons. The van der Waals surface area contributed by atoms with E-state index in [0.29, 0.717) is 12.5 Å². The molecule has 0 unspecified atom stereocenters. The van der Waals surface area contributed by atoms with Gasteiger partial charge in [-0.15, -0.1) is 0 Å². The molecule has 1 aliphatic rings. The average molecular weight is 305 g/mol. The predicted octanol–water partition coefficient (Wildman–Crippen LogP) is 2.96. The van der Waals surface area contributed by atoms with Gasteiger partial charge in [0.2, 0.25) is 0 Å². The van der Waals surface area contributed by atoms with Crippen molar-refractivity contribution >= 4 is 12.0 Å². The van der Waals surface area contributed by atoms with Crippen molar-refractivity contribution in [2.45, 2.75) is 57.6 Å². The van der Waals surface area contributed by atoms with E-state index < -0.39 is 0 Å². The first kappa shape index (κ1) is 16.8. The number of ether oxygens (including phenoxy) is 1. The Morgan fingerprint density at radius 3 is 2.82 bits per heavy atom. The number of aryl methyl sites for hydroxylation is 1. The lowest BCUT2D eigenvalue weighted by Crippen LogP contribution is -2.45. The minimum atomic E-state index is -0.164. The topological polar surface area (TPSA) is 49.8 Å². The summed E-state index contributed by atoms with van der Waals surface area (Å²) in [5, 5.41) is 9.50. The molecule has 2 rings (SSSR count). The van der Waals surface area contributed by atoms with Gasteiger partial charge in [0, 0.05) is 25.2 Å². The summed E-state index contributed by atoms with van der Waals surface area (Å²) in [7, 11) is 2.06. The van der Waals surface area contributed by atoms with Crippen LogP contribution in [0.1, 0.15) is 44.6 Å². The van der Waals surface area contributed by atoms with E-state index in [1.165, 1.54) is 0 Å². The molecule has 0 amide bonds. The van der Waals surface area contributed by atoms with Gasteiger partial charge in [-0.1, -0.05) is 13.3 Å². The zero-order chi connectivity index (χ0) is 15.9. The molecule has 22 heavy (non-hydrogen) atoms. The summed E-state index contributed by atoms with van der Waals surface area (Å²) in [5.74, 6) is 0.875. The number of hydrogen-bond donors (Lipinski definition) is 1. The minimum absolute atomic E-state index is 0.164. The van der Waals surface area contributed by atoms with Gasteiger partial charge < -0.3 is 19.5 Å². The molecule has 1 N–H and O–H groups in total. The highest BCUT2D eigenvalue weighted by Gasteiger charge is 2.31. The third kappa shape index (κ3) is 4.23. The number of unbranched alkanes of at least 4 members (excludes halogenated alkanes) is 1. The molecule has 4 nitrogen and oxygen atoms in total. The van der Waals surface area contributed by atoms with Gasteiger partial charge >= 0.3 is 0 Å². The van der Waals surface area contributed by atoms with Crippen LogP contribution in [0.5, 0.6) is 5.75 Å². The third-order valence-corrected chi connectivity index (χ3v) is 4.37. The normalized spacial score (nSPS) is 20.3. The molecule has 0 heterocycles. The summed E-state index contributed by atoms with van der Waals surface area (Å²) in [6.45, 7) is 2.87. The van der Waals surface area contributed by atoms with Crippen LogP contribution in [-0.4, -0.2) is 37.2 Å². The number of benzene rings is 1. The van der Waals surface area contributed by atoms with Crippen molar-refractivity contribution in [1.29, 1.82) is 0 Å². The van der Waals surface area contributed by atoms with Crippen molar-refractivity contribution in [3.05, 3.63) is 23.8 Å². The Morgan fingerprint density at radius 2 is 2.18 bits per heavy atom. The fourth-order valence-corrected chi connectivity index (χ4v) is 2.82. The van der Waals surface area contributed by atoms with Crippen LogP contribution >= 0.6 is 0 Å². The number of anilines is 1. The van der Waals surface area contributed by atoms with E-state index in [4.69, 9.17) is 4.74 Å². The summed E-state index contributed by atoms with van der Waals surface area (Å²) in [5.41, 5.74) is 2.28. The van der Waals surface area contributed by atoms with Crippen molar-refractivity contribution in [2.24, 2.45) is 0 Å². The number of carbonyl (C=O) groups excluding carboxylic acids is 1. The fraction of sp³-hybridized carbons (Fsp3) is 0.611. The summed E-state index contributed by atoms with van der Waals surface area (Å²) < 4.78 is 5.77. The lowest BCUT2D eigenvalue weighted by Gasteiger charge is -2.40. The highest BCUT2D eigenvalue weighted by molar-refractivity contribution is 5.59. The number of rotatable bonds is 9. The van der Waals surface area contributed by atoms with Crippen molar-refractivity contribution < 1.29 is 14.6 Å². The second kappa shape index (κ2) is 8.18. The zero-order valence-corrected chi connectivity index (χ0v) is 13.6. The Labute approximate surface area is 133 Å². The van der Waals surface area contributed by atoms with Gasteiger partial charge in [-0.3, -0.25) is 0 Å². The van der Waals surface area contributed by atoms with Crippen molar-refractivity contribution in [1.82, 2.24) is 0 Å². The van der Waals surface area contributed by atoms with E-state index in [1.54, 1.807) is 0 Å². The molecule has 1 fully saturated rings. The molecular formula is C18H27NO3. The van der Waals surface area contributed by atoms with E-state index >= 15 is 0 Å². The maximum atomic E-state index is 10.7. The lowest BCUT2D eigenvalue weighted by atomic mass is 9.87. The largest absolute Gasteiger partial charge is 0.494 e. The number of nitrogens with zero attached hydrogens (tertiary/aromatic N) is 1. The molecule has 0 aliphatic heterocycles. The van der Waals surface area contributed by atoms with Gasteiger partial charge in [0.15, 0.2) is 0 Å². The highest BCUT2D eigenvalue weighted by atomic mass is 16.5. The molecular weight excluding hydrogens is 278 g/mol. The molecule has 4 heteroatoms. The van der Waals surface area contributed by atoms with Crippen LogP contribution in [-0.2, 0) is 11.2 Å². The van der Waals surface area contributed by atoms with Gasteiger partial charge in [0.1, 0.15) is 12.0 Å². The van der Waals surface area contributed by atoms with Crippen molar-refractivity contribution in [2.75, 3.05) is 18.6 Å². The Kier molecular flexibility index (Phi) is 6.25. The molecule has 1 aromatic rings. The first-order valence-corrected chi connectivity index (χ1v) is 8.26. The van der Waals surface area contributed by atoms with Crippen LogP contribution in [0.25, 0.3) is 0 Å². The Hall–Kier alpha value is -1.55.